The van der Waals surface area contributed by atoms with E-state index in [0.717, 1.165) is 0 Å². The number of rotatable bonds is 0. The van der Waals surface area contributed by atoms with Gasteiger partial charge in [0.25, 0.3) is 0 Å². The first kappa shape index (κ1) is 5.23. The van der Waals surface area contributed by atoms with Gasteiger partial charge in [-0.05, 0) is 37.0 Å². The van der Waals surface area contributed by atoms with E-state index in [1.54, 1.807) is 31.8 Å². The van der Waals surface area contributed by atoms with Crippen LogP contribution in [0.2, 0.25) is 0 Å². The second-order valence-corrected chi connectivity index (χ2v) is 4.69. The van der Waals surface area contributed by atoms with Gasteiger partial charge in [0.15, 0.2) is 0 Å². The molecule has 1 heterocycles. The topological polar surface area (TPSA) is 0 Å². The van der Waals surface area contributed by atoms with Crippen LogP contribution in [-0.2, 0) is 0 Å². The van der Waals surface area contributed by atoms with Gasteiger partial charge in [0, 0.05) is 0 Å². The van der Waals surface area contributed by atoms with E-state index in [1.807, 2.05) is 0 Å². The molecule has 0 nitrogen and oxygen atoms in total. The molecule has 2 aliphatic rings. The van der Waals surface area contributed by atoms with Gasteiger partial charge in [0.1, 0.15) is 0 Å². The summed E-state index contributed by atoms with van der Waals surface area (Å²) in [7, 11) is 1.34. The molecule has 1 heteroatoms. The first-order valence-electron chi connectivity index (χ1n) is 3.70. The Morgan fingerprint density at radius 2 is 2.12 bits per heavy atom. The number of fused-ring (bicyclic) bond motifs is 1. The van der Waals surface area contributed by atoms with Crippen LogP contribution in [0.3, 0.4) is 0 Å². The largest absolute Gasteiger partial charge is 0.119 e. The first-order valence-corrected chi connectivity index (χ1v) is 4.98. The monoisotopic (exact) mass is 128 g/mol. The van der Waals surface area contributed by atoms with E-state index in [2.05, 4.69) is 0 Å². The molecular weight excluding hydrogens is 115 g/mol. The fourth-order valence-corrected chi connectivity index (χ4v) is 4.09. The van der Waals surface area contributed by atoms with Crippen LogP contribution in [0.1, 0.15) is 25.7 Å². The lowest BCUT2D eigenvalue weighted by Crippen LogP contribution is -1.99. The summed E-state index contributed by atoms with van der Waals surface area (Å²) < 4.78 is 0. The van der Waals surface area contributed by atoms with Crippen LogP contribution in [0.5, 0.6) is 0 Å². The molecule has 2 rings (SSSR count). The minimum absolute atomic E-state index is 1.19. The third-order valence-corrected chi connectivity index (χ3v) is 4.44. The minimum Gasteiger partial charge on any atom is -0.119 e. The summed E-state index contributed by atoms with van der Waals surface area (Å²) in [4.78, 5) is 0. The zero-order chi connectivity index (χ0) is 5.40. The van der Waals surface area contributed by atoms with Crippen molar-refractivity contribution in [3.05, 3.63) is 0 Å². The third kappa shape index (κ3) is 0.702. The fourth-order valence-electron chi connectivity index (χ4n) is 2.11. The number of hydrogen-bond donors (Lipinski definition) is 0. The molecule has 1 aliphatic heterocycles. The van der Waals surface area contributed by atoms with Crippen LogP contribution in [0, 0.1) is 5.92 Å². The molecule has 0 aromatic heterocycles. The highest BCUT2D eigenvalue weighted by atomic mass is 31.1. The van der Waals surface area contributed by atoms with Crippen LogP contribution in [0.15, 0.2) is 0 Å². The van der Waals surface area contributed by atoms with Crippen LogP contribution >= 0.6 is 8.58 Å². The maximum atomic E-state index is 1.57. The van der Waals surface area contributed by atoms with Crippen molar-refractivity contribution >= 4 is 8.58 Å². The molecule has 3 unspecified atom stereocenters. The van der Waals surface area contributed by atoms with Crippen molar-refractivity contribution in [1.29, 1.82) is 0 Å². The van der Waals surface area contributed by atoms with Crippen LogP contribution in [0.4, 0.5) is 0 Å². The second-order valence-electron chi connectivity index (χ2n) is 3.04. The highest BCUT2D eigenvalue weighted by Gasteiger charge is 2.30. The predicted octanol–water partition coefficient (Wildman–Crippen LogP) is 2.24. The molecule has 8 heavy (non-hydrogen) atoms. The Kier molecular flexibility index (Phi) is 1.30. The van der Waals surface area contributed by atoms with E-state index in [9.17, 15) is 0 Å². The van der Waals surface area contributed by atoms with Gasteiger partial charge >= 0.3 is 0 Å². The van der Waals surface area contributed by atoms with Gasteiger partial charge in [-0.1, -0.05) is 6.42 Å². The lowest BCUT2D eigenvalue weighted by atomic mass is 10.1. The van der Waals surface area contributed by atoms with Crippen LogP contribution in [-0.4, -0.2) is 11.8 Å². The summed E-state index contributed by atoms with van der Waals surface area (Å²) in [6.07, 6.45) is 7.82. The Balaban J connectivity index is 2.04. The van der Waals surface area contributed by atoms with Crippen molar-refractivity contribution in [3.63, 3.8) is 0 Å². The lowest BCUT2D eigenvalue weighted by molar-refractivity contribution is 0.569. The van der Waals surface area contributed by atoms with E-state index >= 15 is 0 Å². The lowest BCUT2D eigenvalue weighted by Gasteiger charge is -2.04. The van der Waals surface area contributed by atoms with E-state index < -0.39 is 0 Å². The molecule has 0 spiro atoms. The second kappa shape index (κ2) is 1.99. The standard InChI is InChI=1S/C7H13P/c1-2-6-4-5-8-7(6)3-1/h6-8H,1-5H2. The maximum absolute atomic E-state index is 1.57. The molecule has 1 saturated carbocycles. The molecule has 0 aromatic carbocycles. The molecule has 0 amide bonds. The highest BCUT2D eigenvalue weighted by Crippen LogP contribution is 2.47. The summed E-state index contributed by atoms with van der Waals surface area (Å²) in [5, 5.41) is 0. The van der Waals surface area contributed by atoms with Gasteiger partial charge in [-0.25, -0.2) is 0 Å². The van der Waals surface area contributed by atoms with Crippen molar-refractivity contribution in [2.24, 2.45) is 5.92 Å². The van der Waals surface area contributed by atoms with Crippen molar-refractivity contribution < 1.29 is 0 Å². The normalized spacial score (nSPS) is 48.0. The molecule has 0 aromatic rings. The molecule has 1 saturated heterocycles. The summed E-state index contributed by atoms with van der Waals surface area (Å²) in [5.74, 6) is 1.19. The smallest absolute Gasteiger partial charge is 0.0208 e. The first-order chi connectivity index (χ1) is 3.97. The zero-order valence-electron chi connectivity index (χ0n) is 5.19. The molecule has 3 atom stereocenters. The minimum atomic E-state index is 1.19. The quantitative estimate of drug-likeness (QED) is 0.439. The summed E-state index contributed by atoms with van der Waals surface area (Å²) in [6, 6.07) is 0. The molecule has 2 fully saturated rings. The van der Waals surface area contributed by atoms with E-state index in [-0.39, 0.29) is 0 Å². The van der Waals surface area contributed by atoms with Gasteiger partial charge < -0.3 is 0 Å². The van der Waals surface area contributed by atoms with E-state index in [4.69, 9.17) is 0 Å². The van der Waals surface area contributed by atoms with Gasteiger partial charge in [-0.15, -0.1) is 8.58 Å². The van der Waals surface area contributed by atoms with Crippen molar-refractivity contribution in [2.45, 2.75) is 31.3 Å². The van der Waals surface area contributed by atoms with Crippen molar-refractivity contribution in [2.75, 3.05) is 6.16 Å². The fraction of sp³-hybridized carbons (Fsp3) is 1.00. The third-order valence-electron chi connectivity index (χ3n) is 2.58. The van der Waals surface area contributed by atoms with Crippen LogP contribution in [0.25, 0.3) is 0 Å². The van der Waals surface area contributed by atoms with Gasteiger partial charge in [0.05, 0.1) is 0 Å². The molecule has 0 radical (unpaired) electrons. The zero-order valence-corrected chi connectivity index (χ0v) is 6.19. The van der Waals surface area contributed by atoms with Gasteiger partial charge in [-0.2, -0.15) is 0 Å². The van der Waals surface area contributed by atoms with Gasteiger partial charge in [0.2, 0.25) is 0 Å². The highest BCUT2D eigenvalue weighted by molar-refractivity contribution is 7.39. The van der Waals surface area contributed by atoms with Crippen molar-refractivity contribution in [3.8, 4) is 0 Å². The summed E-state index contributed by atoms with van der Waals surface area (Å²) >= 11 is 0. The average molecular weight is 128 g/mol. The molecule has 0 bridgehead atoms. The number of hydrogen-bond acceptors (Lipinski definition) is 0. The molecule has 1 aliphatic carbocycles. The Morgan fingerprint density at radius 3 is 3.00 bits per heavy atom. The Hall–Kier alpha value is 0.430. The average Bonchev–Trinajstić information content (AvgIpc) is 2.15. The maximum Gasteiger partial charge on any atom is -0.0208 e. The summed E-state index contributed by atoms with van der Waals surface area (Å²) in [5.41, 5.74) is 1.20. The van der Waals surface area contributed by atoms with Crippen molar-refractivity contribution in [1.82, 2.24) is 0 Å². The van der Waals surface area contributed by atoms with E-state index in [1.165, 1.54) is 20.2 Å². The Morgan fingerprint density at radius 1 is 1.12 bits per heavy atom. The molecular formula is C7H13P. The Bertz CT molecular complexity index is 70.4. The molecule has 46 valence electrons. The van der Waals surface area contributed by atoms with Gasteiger partial charge in [-0.3, -0.25) is 0 Å². The Labute approximate surface area is 52.8 Å². The van der Waals surface area contributed by atoms with E-state index in [0.29, 0.717) is 0 Å². The van der Waals surface area contributed by atoms with Crippen LogP contribution < -0.4 is 0 Å². The molecule has 0 N–H and O–H groups in total. The SMILES string of the molecule is C1CC2CCPC2C1. The predicted molar refractivity (Wildman–Crippen MR) is 38.9 cm³/mol. The summed E-state index contributed by atoms with van der Waals surface area (Å²) in [6.45, 7) is 0.